The molecule has 2 aromatic heterocycles. The van der Waals surface area contributed by atoms with Crippen LogP contribution in [0.15, 0.2) is 24.5 Å². The molecule has 126 valence electrons. The topological polar surface area (TPSA) is 67.8 Å². The van der Waals surface area contributed by atoms with Crippen molar-refractivity contribution in [3.05, 3.63) is 52.9 Å². The monoisotopic (exact) mass is 324 g/mol. The van der Waals surface area contributed by atoms with Gasteiger partial charge in [0.15, 0.2) is 0 Å². The summed E-state index contributed by atoms with van der Waals surface area (Å²) in [4.78, 5) is 25.5. The van der Waals surface area contributed by atoms with E-state index in [0.29, 0.717) is 12.1 Å². The summed E-state index contributed by atoms with van der Waals surface area (Å²) in [6.07, 6.45) is 7.78. The number of amides is 1. The number of aryl methyl sites for hydroxylation is 2. The molecule has 0 saturated heterocycles. The lowest BCUT2D eigenvalue weighted by molar-refractivity contribution is 0.0949. The molecule has 0 bridgehead atoms. The van der Waals surface area contributed by atoms with Crippen molar-refractivity contribution in [1.82, 2.24) is 20.3 Å². The second-order valence-corrected chi connectivity index (χ2v) is 7.34. The minimum atomic E-state index is -0.171. The molecule has 0 radical (unpaired) electrons. The van der Waals surface area contributed by atoms with Gasteiger partial charge in [-0.1, -0.05) is 26.8 Å². The molecule has 2 heterocycles. The van der Waals surface area contributed by atoms with Gasteiger partial charge in [-0.3, -0.25) is 9.78 Å². The lowest BCUT2D eigenvalue weighted by Gasteiger charge is -2.16. The van der Waals surface area contributed by atoms with Gasteiger partial charge in [-0.25, -0.2) is 9.97 Å². The Morgan fingerprint density at radius 2 is 1.83 bits per heavy atom. The van der Waals surface area contributed by atoms with E-state index in [4.69, 9.17) is 0 Å². The highest BCUT2D eigenvalue weighted by Crippen LogP contribution is 2.19. The zero-order valence-electron chi connectivity index (χ0n) is 14.6. The zero-order chi connectivity index (χ0) is 17.2. The predicted octanol–water partition coefficient (Wildman–Crippen LogP) is 2.98. The standard InChI is InChI=1S/C19H24N4O/c1-19(2,3)18-21-10-14(11-22-18)17(24)20-12-15-9-8-13-6-4-5-7-16(13)23-15/h8-11H,4-7,12H2,1-3H3,(H,20,24). The van der Waals surface area contributed by atoms with Gasteiger partial charge in [-0.2, -0.15) is 0 Å². The van der Waals surface area contributed by atoms with E-state index in [9.17, 15) is 4.79 Å². The number of hydrogen-bond acceptors (Lipinski definition) is 4. The quantitative estimate of drug-likeness (QED) is 0.942. The number of hydrogen-bond donors (Lipinski definition) is 1. The summed E-state index contributed by atoms with van der Waals surface area (Å²) in [5, 5.41) is 2.90. The zero-order valence-corrected chi connectivity index (χ0v) is 14.6. The molecule has 0 fully saturated rings. The summed E-state index contributed by atoms with van der Waals surface area (Å²) in [5.41, 5.74) is 3.78. The second-order valence-electron chi connectivity index (χ2n) is 7.34. The van der Waals surface area contributed by atoms with Crippen LogP contribution in [0.3, 0.4) is 0 Å². The summed E-state index contributed by atoms with van der Waals surface area (Å²) >= 11 is 0. The summed E-state index contributed by atoms with van der Waals surface area (Å²) in [5.74, 6) is 0.561. The van der Waals surface area contributed by atoms with Gasteiger partial charge >= 0.3 is 0 Å². The Hall–Kier alpha value is -2.30. The van der Waals surface area contributed by atoms with Crippen LogP contribution in [0.1, 0.15) is 66.7 Å². The maximum absolute atomic E-state index is 12.2. The van der Waals surface area contributed by atoms with Crippen LogP contribution in [-0.4, -0.2) is 20.9 Å². The first-order valence-electron chi connectivity index (χ1n) is 8.52. The maximum atomic E-state index is 12.2. The van der Waals surface area contributed by atoms with Crippen molar-refractivity contribution in [2.45, 2.75) is 58.4 Å². The molecular formula is C19H24N4O. The highest BCUT2D eigenvalue weighted by atomic mass is 16.1. The third kappa shape index (κ3) is 3.78. The molecule has 0 aromatic carbocycles. The summed E-state index contributed by atoms with van der Waals surface area (Å²) in [7, 11) is 0. The average molecular weight is 324 g/mol. The first-order valence-corrected chi connectivity index (χ1v) is 8.52. The van der Waals surface area contributed by atoms with Crippen LogP contribution in [0.5, 0.6) is 0 Å². The van der Waals surface area contributed by atoms with Crippen LogP contribution < -0.4 is 5.32 Å². The number of nitrogens with one attached hydrogen (secondary N) is 1. The van der Waals surface area contributed by atoms with E-state index in [-0.39, 0.29) is 11.3 Å². The highest BCUT2D eigenvalue weighted by molar-refractivity contribution is 5.93. The van der Waals surface area contributed by atoms with Gasteiger partial charge in [0.25, 0.3) is 5.91 Å². The lowest BCUT2D eigenvalue weighted by atomic mass is 9.96. The Morgan fingerprint density at radius 3 is 2.54 bits per heavy atom. The minimum absolute atomic E-state index is 0.123. The fraction of sp³-hybridized carbons (Fsp3) is 0.474. The molecular weight excluding hydrogens is 300 g/mol. The Labute approximate surface area is 143 Å². The lowest BCUT2D eigenvalue weighted by Crippen LogP contribution is -2.25. The van der Waals surface area contributed by atoms with Crippen LogP contribution in [0.4, 0.5) is 0 Å². The number of fused-ring (bicyclic) bond motifs is 1. The molecule has 0 atom stereocenters. The first kappa shape index (κ1) is 16.6. The van der Waals surface area contributed by atoms with Gasteiger partial charge in [-0.05, 0) is 37.3 Å². The highest BCUT2D eigenvalue weighted by Gasteiger charge is 2.18. The van der Waals surface area contributed by atoms with Crippen molar-refractivity contribution in [2.24, 2.45) is 0 Å². The Bertz CT molecular complexity index is 732. The molecule has 0 spiro atoms. The molecule has 3 rings (SSSR count). The van der Waals surface area contributed by atoms with E-state index >= 15 is 0 Å². The smallest absolute Gasteiger partial charge is 0.254 e. The number of nitrogens with zero attached hydrogens (tertiary/aromatic N) is 3. The van der Waals surface area contributed by atoms with Crippen LogP contribution >= 0.6 is 0 Å². The number of rotatable bonds is 3. The van der Waals surface area contributed by atoms with Crippen molar-refractivity contribution >= 4 is 5.91 Å². The predicted molar refractivity (Wildman–Crippen MR) is 92.8 cm³/mol. The number of carbonyl (C=O) groups excluding carboxylic acids is 1. The van der Waals surface area contributed by atoms with E-state index in [1.54, 1.807) is 12.4 Å². The van der Waals surface area contributed by atoms with Gasteiger partial charge in [0.2, 0.25) is 0 Å². The third-order valence-corrected chi connectivity index (χ3v) is 4.25. The summed E-state index contributed by atoms with van der Waals surface area (Å²) in [6.45, 7) is 6.56. The Kier molecular flexibility index (Phi) is 4.60. The van der Waals surface area contributed by atoms with Crippen molar-refractivity contribution in [1.29, 1.82) is 0 Å². The molecule has 24 heavy (non-hydrogen) atoms. The Morgan fingerprint density at radius 1 is 1.12 bits per heavy atom. The van der Waals surface area contributed by atoms with E-state index in [2.05, 4.69) is 26.3 Å². The largest absolute Gasteiger partial charge is 0.346 e. The number of pyridine rings is 1. The molecule has 5 nitrogen and oxygen atoms in total. The normalized spacial score (nSPS) is 14.1. The third-order valence-electron chi connectivity index (χ3n) is 4.25. The molecule has 5 heteroatoms. The SMILES string of the molecule is CC(C)(C)c1ncc(C(=O)NCc2ccc3c(n2)CCCC3)cn1. The van der Waals surface area contributed by atoms with Crippen molar-refractivity contribution in [3.63, 3.8) is 0 Å². The molecule has 0 unspecified atom stereocenters. The van der Waals surface area contributed by atoms with Gasteiger partial charge in [0, 0.05) is 23.5 Å². The first-order chi connectivity index (χ1) is 11.4. The van der Waals surface area contributed by atoms with Crippen LogP contribution in [-0.2, 0) is 24.8 Å². The Balaban J connectivity index is 1.63. The van der Waals surface area contributed by atoms with Crippen LogP contribution in [0, 0.1) is 0 Å². The average Bonchev–Trinajstić information content (AvgIpc) is 2.59. The van der Waals surface area contributed by atoms with Crippen molar-refractivity contribution in [3.8, 4) is 0 Å². The molecule has 1 aliphatic carbocycles. The number of aromatic nitrogens is 3. The van der Waals surface area contributed by atoms with E-state index < -0.39 is 0 Å². The summed E-state index contributed by atoms with van der Waals surface area (Å²) in [6, 6.07) is 4.15. The van der Waals surface area contributed by atoms with Crippen molar-refractivity contribution in [2.75, 3.05) is 0 Å². The van der Waals surface area contributed by atoms with Gasteiger partial charge in [0.05, 0.1) is 17.8 Å². The van der Waals surface area contributed by atoms with Crippen LogP contribution in [0.25, 0.3) is 0 Å². The molecule has 2 aromatic rings. The molecule has 0 aliphatic heterocycles. The van der Waals surface area contributed by atoms with Crippen LogP contribution in [0.2, 0.25) is 0 Å². The van der Waals surface area contributed by atoms with E-state index in [1.807, 2.05) is 26.8 Å². The van der Waals surface area contributed by atoms with Gasteiger partial charge in [0.1, 0.15) is 5.82 Å². The van der Waals surface area contributed by atoms with E-state index in [1.165, 1.54) is 24.1 Å². The fourth-order valence-electron chi connectivity index (χ4n) is 2.83. The van der Waals surface area contributed by atoms with Crippen molar-refractivity contribution < 1.29 is 4.79 Å². The summed E-state index contributed by atoms with van der Waals surface area (Å²) < 4.78 is 0. The molecule has 0 saturated carbocycles. The minimum Gasteiger partial charge on any atom is -0.346 e. The fourth-order valence-corrected chi connectivity index (χ4v) is 2.83. The van der Waals surface area contributed by atoms with Gasteiger partial charge < -0.3 is 5.32 Å². The van der Waals surface area contributed by atoms with E-state index in [0.717, 1.165) is 24.4 Å². The molecule has 1 aliphatic rings. The van der Waals surface area contributed by atoms with Gasteiger partial charge in [-0.15, -0.1) is 0 Å². The molecule has 1 N–H and O–H groups in total. The maximum Gasteiger partial charge on any atom is 0.254 e. The molecule has 1 amide bonds. The number of carbonyl (C=O) groups is 1. The second kappa shape index (κ2) is 6.67.